The number of amides is 1. The summed E-state index contributed by atoms with van der Waals surface area (Å²) in [5.41, 5.74) is 0.763. The van der Waals surface area contributed by atoms with Crippen LogP contribution in [-0.4, -0.2) is 22.6 Å². The molecule has 1 heterocycles. The molecule has 0 saturated heterocycles. The highest BCUT2D eigenvalue weighted by Crippen LogP contribution is 2.23. The summed E-state index contributed by atoms with van der Waals surface area (Å²) >= 11 is 13.0. The molecule has 2 rings (SSSR count). The predicted molar refractivity (Wildman–Crippen MR) is 84.9 cm³/mol. The Morgan fingerprint density at radius 2 is 2.19 bits per heavy atom. The van der Waals surface area contributed by atoms with E-state index < -0.39 is 0 Å². The number of hydrogen-bond donors (Lipinski definition) is 2. The number of carbonyl (C=O) groups excluding carboxylic acids is 1. The van der Waals surface area contributed by atoms with Gasteiger partial charge < -0.3 is 10.4 Å². The highest BCUT2D eigenvalue weighted by molar-refractivity contribution is 7.16. The zero-order valence-electron chi connectivity index (χ0n) is 10.7. The van der Waals surface area contributed by atoms with Gasteiger partial charge in [-0.15, -0.1) is 0 Å². The van der Waals surface area contributed by atoms with E-state index in [0.717, 1.165) is 5.56 Å². The van der Waals surface area contributed by atoms with Crippen molar-refractivity contribution in [3.05, 3.63) is 44.9 Å². The molecule has 0 atom stereocenters. The first-order chi connectivity index (χ1) is 10.1. The summed E-state index contributed by atoms with van der Waals surface area (Å²) in [5.74, 6) is 5.04. The fourth-order valence-corrected chi connectivity index (χ4v) is 2.54. The molecule has 0 bridgehead atoms. The van der Waals surface area contributed by atoms with E-state index in [1.54, 1.807) is 24.4 Å². The van der Waals surface area contributed by atoms with Crippen LogP contribution in [0.5, 0.6) is 0 Å². The van der Waals surface area contributed by atoms with Crippen molar-refractivity contribution in [3.63, 3.8) is 0 Å². The second-order valence-corrected chi connectivity index (χ2v) is 5.81. The van der Waals surface area contributed by atoms with Crippen LogP contribution >= 0.6 is 34.5 Å². The maximum absolute atomic E-state index is 11.9. The topological polar surface area (TPSA) is 62.2 Å². The van der Waals surface area contributed by atoms with Gasteiger partial charge >= 0.3 is 0 Å². The molecule has 2 aromatic rings. The van der Waals surface area contributed by atoms with Crippen LogP contribution in [0.15, 0.2) is 24.4 Å². The molecular formula is C14H10Cl2N2O2S. The second-order valence-electron chi connectivity index (χ2n) is 3.96. The minimum atomic E-state index is -0.211. The van der Waals surface area contributed by atoms with E-state index in [2.05, 4.69) is 22.1 Å². The number of nitrogens with zero attached hydrogens (tertiary/aromatic N) is 1. The number of hydrogen-bond acceptors (Lipinski definition) is 4. The van der Waals surface area contributed by atoms with Crippen molar-refractivity contribution in [2.45, 2.75) is 6.42 Å². The van der Waals surface area contributed by atoms with Gasteiger partial charge in [-0.25, -0.2) is 4.98 Å². The lowest BCUT2D eigenvalue weighted by molar-refractivity contribution is -0.115. The molecule has 0 aliphatic rings. The zero-order chi connectivity index (χ0) is 15.2. The van der Waals surface area contributed by atoms with Crippen LogP contribution in [0, 0.1) is 11.8 Å². The van der Waals surface area contributed by atoms with Crippen LogP contribution in [-0.2, 0) is 11.2 Å². The minimum Gasteiger partial charge on any atom is -0.384 e. The lowest BCUT2D eigenvalue weighted by Gasteiger charge is -2.03. The van der Waals surface area contributed by atoms with Gasteiger partial charge in [-0.2, -0.15) is 0 Å². The van der Waals surface area contributed by atoms with Crippen LogP contribution in [0.25, 0.3) is 0 Å². The quantitative estimate of drug-likeness (QED) is 0.844. The normalized spacial score (nSPS) is 9.86. The largest absolute Gasteiger partial charge is 0.384 e. The predicted octanol–water partition coefficient (Wildman–Crippen LogP) is 2.97. The number of aliphatic hydroxyl groups is 1. The second kappa shape index (κ2) is 7.43. The molecule has 0 saturated carbocycles. The van der Waals surface area contributed by atoms with E-state index in [4.69, 9.17) is 28.3 Å². The average Bonchev–Trinajstić information content (AvgIpc) is 2.88. The standard InChI is InChI=1S/C14H10Cl2N2O2S/c15-11-4-3-9(6-12(11)16)7-13(20)18-14-17-8-10(21-14)2-1-5-19/h3-4,6,8,19H,5,7H2,(H,17,18,20). The van der Waals surface area contributed by atoms with Gasteiger partial charge in [-0.3, -0.25) is 4.79 Å². The van der Waals surface area contributed by atoms with Gasteiger partial charge in [0.2, 0.25) is 5.91 Å². The van der Waals surface area contributed by atoms with E-state index in [0.29, 0.717) is 20.1 Å². The molecule has 0 spiro atoms. The molecule has 1 aromatic carbocycles. The molecule has 0 radical (unpaired) electrons. The minimum absolute atomic E-state index is 0.175. The Balaban J connectivity index is 1.98. The van der Waals surface area contributed by atoms with E-state index in [-0.39, 0.29) is 18.9 Å². The van der Waals surface area contributed by atoms with Crippen LogP contribution in [0.3, 0.4) is 0 Å². The summed E-state index contributed by atoms with van der Waals surface area (Å²) in [4.78, 5) is 16.6. The summed E-state index contributed by atoms with van der Waals surface area (Å²) in [5, 5.41) is 12.6. The summed E-state index contributed by atoms with van der Waals surface area (Å²) in [6, 6.07) is 5.05. The smallest absolute Gasteiger partial charge is 0.230 e. The van der Waals surface area contributed by atoms with Gasteiger partial charge in [-0.05, 0) is 17.7 Å². The van der Waals surface area contributed by atoms with Gasteiger partial charge in [0.05, 0.1) is 27.5 Å². The van der Waals surface area contributed by atoms with Crippen molar-refractivity contribution in [2.24, 2.45) is 0 Å². The number of benzene rings is 1. The first-order valence-corrected chi connectivity index (χ1v) is 7.45. The Kier molecular flexibility index (Phi) is 5.59. The molecule has 1 aromatic heterocycles. The fourth-order valence-electron chi connectivity index (χ4n) is 1.51. The number of aliphatic hydroxyl groups excluding tert-OH is 1. The highest BCUT2D eigenvalue weighted by atomic mass is 35.5. The Hall–Kier alpha value is -1.58. The third-order valence-electron chi connectivity index (χ3n) is 2.39. The molecule has 2 N–H and O–H groups in total. The number of rotatable bonds is 3. The lowest BCUT2D eigenvalue weighted by atomic mass is 10.1. The van der Waals surface area contributed by atoms with Crippen molar-refractivity contribution in [1.29, 1.82) is 0 Å². The lowest BCUT2D eigenvalue weighted by Crippen LogP contribution is -2.14. The molecule has 0 fully saturated rings. The molecule has 108 valence electrons. The molecule has 0 unspecified atom stereocenters. The number of carbonyl (C=O) groups is 1. The van der Waals surface area contributed by atoms with Crippen molar-refractivity contribution >= 4 is 45.6 Å². The Morgan fingerprint density at radius 3 is 2.90 bits per heavy atom. The molecular weight excluding hydrogens is 331 g/mol. The van der Waals surface area contributed by atoms with Gasteiger partial charge in [-0.1, -0.05) is 52.4 Å². The average molecular weight is 341 g/mol. The van der Waals surface area contributed by atoms with E-state index in [9.17, 15) is 4.79 Å². The number of aromatic nitrogens is 1. The van der Waals surface area contributed by atoms with Crippen molar-refractivity contribution in [2.75, 3.05) is 11.9 Å². The zero-order valence-corrected chi connectivity index (χ0v) is 13.0. The highest BCUT2D eigenvalue weighted by Gasteiger charge is 2.08. The number of nitrogens with one attached hydrogen (secondary N) is 1. The molecule has 7 heteroatoms. The van der Waals surface area contributed by atoms with E-state index in [1.807, 2.05) is 0 Å². The van der Waals surface area contributed by atoms with Crippen LogP contribution < -0.4 is 5.32 Å². The summed E-state index contributed by atoms with van der Waals surface area (Å²) in [7, 11) is 0. The molecule has 1 amide bonds. The number of halogens is 2. The summed E-state index contributed by atoms with van der Waals surface area (Å²) < 4.78 is 0. The van der Waals surface area contributed by atoms with E-state index in [1.165, 1.54) is 11.3 Å². The third kappa shape index (κ3) is 4.73. The fraction of sp³-hybridized carbons (Fsp3) is 0.143. The van der Waals surface area contributed by atoms with Gasteiger partial charge in [0.1, 0.15) is 6.61 Å². The van der Waals surface area contributed by atoms with E-state index >= 15 is 0 Å². The maximum Gasteiger partial charge on any atom is 0.230 e. The third-order valence-corrected chi connectivity index (χ3v) is 3.96. The van der Waals surface area contributed by atoms with Crippen molar-refractivity contribution in [3.8, 4) is 11.8 Å². The van der Waals surface area contributed by atoms with Crippen molar-refractivity contribution < 1.29 is 9.90 Å². The molecule has 4 nitrogen and oxygen atoms in total. The maximum atomic E-state index is 11.9. The van der Waals surface area contributed by atoms with Gasteiger partial charge in [0, 0.05) is 0 Å². The summed E-state index contributed by atoms with van der Waals surface area (Å²) in [6.45, 7) is -0.211. The Morgan fingerprint density at radius 1 is 1.38 bits per heavy atom. The monoisotopic (exact) mass is 340 g/mol. The first kappa shape index (κ1) is 15.8. The first-order valence-electron chi connectivity index (χ1n) is 5.88. The molecule has 0 aliphatic carbocycles. The SMILES string of the molecule is O=C(Cc1ccc(Cl)c(Cl)c1)Nc1ncc(C#CCO)s1. The number of anilines is 1. The van der Waals surface area contributed by atoms with Gasteiger partial charge in [0.25, 0.3) is 0 Å². The van der Waals surface area contributed by atoms with Crippen LogP contribution in [0.2, 0.25) is 10.0 Å². The summed E-state index contributed by atoms with van der Waals surface area (Å²) in [6.07, 6.45) is 1.72. The Bertz CT molecular complexity index is 719. The van der Waals surface area contributed by atoms with Crippen LogP contribution in [0.4, 0.5) is 5.13 Å². The molecule has 0 aliphatic heterocycles. The van der Waals surface area contributed by atoms with Crippen LogP contribution in [0.1, 0.15) is 10.4 Å². The van der Waals surface area contributed by atoms with Crippen molar-refractivity contribution in [1.82, 2.24) is 4.98 Å². The molecule has 21 heavy (non-hydrogen) atoms. The van der Waals surface area contributed by atoms with Gasteiger partial charge in [0.15, 0.2) is 5.13 Å². The number of thiazole rings is 1. The Labute approximate surface area is 135 Å².